The fraction of sp³-hybridized carbons (Fsp3) is 0.538. The summed E-state index contributed by atoms with van der Waals surface area (Å²) in [5, 5.41) is 0. The average molecular weight is 236 g/mol. The molecule has 2 rings (SSSR count). The molecule has 2 nitrogen and oxygen atoms in total. The van der Waals surface area contributed by atoms with E-state index in [4.69, 9.17) is 5.73 Å². The zero-order valence-corrected chi connectivity index (χ0v) is 10.5. The second-order valence-electron chi connectivity index (χ2n) is 4.28. The lowest BCUT2D eigenvalue weighted by Crippen LogP contribution is -2.33. The van der Waals surface area contributed by atoms with Crippen LogP contribution < -0.4 is 5.73 Å². The van der Waals surface area contributed by atoms with Gasteiger partial charge >= 0.3 is 0 Å². The molecular weight excluding hydrogens is 216 g/mol. The lowest BCUT2D eigenvalue weighted by Gasteiger charge is -2.23. The lowest BCUT2D eigenvalue weighted by molar-refractivity contribution is 0.277. The molecule has 1 saturated heterocycles. The Morgan fingerprint density at radius 3 is 2.81 bits per heavy atom. The molecule has 1 atom stereocenters. The first-order valence-corrected chi connectivity index (χ1v) is 7.12. The molecule has 1 fully saturated rings. The van der Waals surface area contributed by atoms with Gasteiger partial charge in [0.25, 0.3) is 0 Å². The van der Waals surface area contributed by atoms with Crippen molar-refractivity contribution >= 4 is 11.8 Å². The fourth-order valence-electron chi connectivity index (χ4n) is 2.06. The van der Waals surface area contributed by atoms with E-state index in [-0.39, 0.29) is 6.04 Å². The first-order valence-electron chi connectivity index (χ1n) is 5.97. The summed E-state index contributed by atoms with van der Waals surface area (Å²) in [4.78, 5) is 2.50. The SMILES string of the molecule is NC(CN1CCCSCC1)c1ccccc1. The van der Waals surface area contributed by atoms with Crippen LogP contribution in [0.25, 0.3) is 0 Å². The van der Waals surface area contributed by atoms with E-state index in [0.717, 1.165) is 6.54 Å². The van der Waals surface area contributed by atoms with Gasteiger partial charge in [-0.05, 0) is 24.3 Å². The molecule has 16 heavy (non-hydrogen) atoms. The van der Waals surface area contributed by atoms with Crippen LogP contribution >= 0.6 is 11.8 Å². The normalized spacial score (nSPS) is 20.3. The van der Waals surface area contributed by atoms with E-state index in [1.807, 2.05) is 6.07 Å². The van der Waals surface area contributed by atoms with Crippen LogP contribution in [0.2, 0.25) is 0 Å². The number of thioether (sulfide) groups is 1. The molecule has 0 radical (unpaired) electrons. The molecule has 1 aliphatic rings. The van der Waals surface area contributed by atoms with Gasteiger partial charge in [0.15, 0.2) is 0 Å². The highest BCUT2D eigenvalue weighted by Gasteiger charge is 2.13. The smallest absolute Gasteiger partial charge is 0.0424 e. The van der Waals surface area contributed by atoms with Crippen molar-refractivity contribution in [3.63, 3.8) is 0 Å². The average Bonchev–Trinajstić information content (AvgIpc) is 2.59. The Labute approximate surface area is 102 Å². The van der Waals surface area contributed by atoms with Crippen LogP contribution in [0.4, 0.5) is 0 Å². The molecule has 0 saturated carbocycles. The van der Waals surface area contributed by atoms with Gasteiger partial charge in [0.2, 0.25) is 0 Å². The van der Waals surface area contributed by atoms with E-state index in [0.29, 0.717) is 0 Å². The first kappa shape index (κ1) is 12.0. The monoisotopic (exact) mass is 236 g/mol. The van der Waals surface area contributed by atoms with Crippen molar-refractivity contribution in [3.05, 3.63) is 35.9 Å². The molecule has 0 bridgehead atoms. The Morgan fingerprint density at radius 1 is 1.19 bits per heavy atom. The molecule has 3 heteroatoms. The molecule has 0 aromatic heterocycles. The molecule has 1 heterocycles. The molecule has 1 aromatic rings. The third-order valence-corrected chi connectivity index (χ3v) is 4.05. The number of hydrogen-bond donors (Lipinski definition) is 1. The lowest BCUT2D eigenvalue weighted by atomic mass is 10.1. The molecule has 1 aromatic carbocycles. The van der Waals surface area contributed by atoms with E-state index in [1.165, 1.54) is 36.6 Å². The van der Waals surface area contributed by atoms with Crippen LogP contribution in [0.1, 0.15) is 18.0 Å². The van der Waals surface area contributed by atoms with Crippen LogP contribution in [0, 0.1) is 0 Å². The zero-order valence-electron chi connectivity index (χ0n) is 9.64. The van der Waals surface area contributed by atoms with E-state index in [9.17, 15) is 0 Å². The highest BCUT2D eigenvalue weighted by molar-refractivity contribution is 7.99. The topological polar surface area (TPSA) is 29.3 Å². The highest BCUT2D eigenvalue weighted by atomic mass is 32.2. The summed E-state index contributed by atoms with van der Waals surface area (Å²) < 4.78 is 0. The summed E-state index contributed by atoms with van der Waals surface area (Å²) in [7, 11) is 0. The minimum atomic E-state index is 0.157. The summed E-state index contributed by atoms with van der Waals surface area (Å²) in [6.45, 7) is 3.38. The Balaban J connectivity index is 1.88. The van der Waals surface area contributed by atoms with Crippen molar-refractivity contribution in [1.82, 2.24) is 4.90 Å². The Kier molecular flexibility index (Phi) is 4.69. The van der Waals surface area contributed by atoms with Gasteiger partial charge < -0.3 is 10.6 Å². The molecular formula is C13H20N2S. The van der Waals surface area contributed by atoms with E-state index < -0.39 is 0 Å². The zero-order chi connectivity index (χ0) is 11.2. The van der Waals surface area contributed by atoms with Crippen LogP contribution in [0.15, 0.2) is 30.3 Å². The van der Waals surface area contributed by atoms with Crippen molar-refractivity contribution in [2.45, 2.75) is 12.5 Å². The maximum absolute atomic E-state index is 6.23. The maximum atomic E-state index is 6.23. The Hall–Kier alpha value is -0.510. The van der Waals surface area contributed by atoms with Crippen LogP contribution in [-0.4, -0.2) is 36.0 Å². The first-order chi connectivity index (χ1) is 7.86. The van der Waals surface area contributed by atoms with Gasteiger partial charge in [-0.2, -0.15) is 11.8 Å². The maximum Gasteiger partial charge on any atom is 0.0424 e. The predicted octanol–water partition coefficient (Wildman–Crippen LogP) is 2.13. The summed E-state index contributed by atoms with van der Waals surface area (Å²) in [6, 6.07) is 10.6. The number of nitrogens with two attached hydrogens (primary N) is 1. The number of hydrogen-bond acceptors (Lipinski definition) is 3. The largest absolute Gasteiger partial charge is 0.323 e. The van der Waals surface area contributed by atoms with Gasteiger partial charge in [-0.1, -0.05) is 30.3 Å². The molecule has 0 aliphatic carbocycles. The van der Waals surface area contributed by atoms with Gasteiger partial charge in [-0.3, -0.25) is 0 Å². The summed E-state index contributed by atoms with van der Waals surface area (Å²) in [6.07, 6.45) is 1.30. The van der Waals surface area contributed by atoms with Crippen LogP contribution in [0.5, 0.6) is 0 Å². The van der Waals surface area contributed by atoms with E-state index in [2.05, 4.69) is 40.9 Å². The molecule has 0 amide bonds. The second-order valence-corrected chi connectivity index (χ2v) is 5.51. The minimum Gasteiger partial charge on any atom is -0.323 e. The Morgan fingerprint density at radius 2 is 2.00 bits per heavy atom. The van der Waals surface area contributed by atoms with Crippen molar-refractivity contribution in [3.8, 4) is 0 Å². The minimum absolute atomic E-state index is 0.157. The van der Waals surface area contributed by atoms with E-state index >= 15 is 0 Å². The van der Waals surface area contributed by atoms with Gasteiger partial charge in [0.05, 0.1) is 0 Å². The number of nitrogens with zero attached hydrogens (tertiary/aromatic N) is 1. The van der Waals surface area contributed by atoms with Crippen LogP contribution in [-0.2, 0) is 0 Å². The molecule has 0 spiro atoms. The van der Waals surface area contributed by atoms with Crippen molar-refractivity contribution in [2.24, 2.45) is 5.73 Å². The van der Waals surface area contributed by atoms with Crippen molar-refractivity contribution in [1.29, 1.82) is 0 Å². The summed E-state index contributed by atoms with van der Waals surface area (Å²) in [5.41, 5.74) is 7.48. The highest BCUT2D eigenvalue weighted by Crippen LogP contribution is 2.15. The summed E-state index contributed by atoms with van der Waals surface area (Å²) in [5.74, 6) is 2.55. The van der Waals surface area contributed by atoms with Crippen molar-refractivity contribution in [2.75, 3.05) is 31.1 Å². The molecule has 1 unspecified atom stereocenters. The standard InChI is InChI=1S/C13H20N2S/c14-13(12-5-2-1-3-6-12)11-15-7-4-9-16-10-8-15/h1-3,5-6,13H,4,7-11,14H2. The Bertz CT molecular complexity index is 294. The fourth-order valence-corrected chi connectivity index (χ4v) is 2.99. The van der Waals surface area contributed by atoms with Crippen molar-refractivity contribution < 1.29 is 0 Å². The second kappa shape index (κ2) is 6.28. The van der Waals surface area contributed by atoms with Crippen LogP contribution in [0.3, 0.4) is 0 Å². The van der Waals surface area contributed by atoms with Gasteiger partial charge in [-0.25, -0.2) is 0 Å². The van der Waals surface area contributed by atoms with Gasteiger partial charge in [0.1, 0.15) is 0 Å². The van der Waals surface area contributed by atoms with Gasteiger partial charge in [0, 0.05) is 24.9 Å². The van der Waals surface area contributed by atoms with Gasteiger partial charge in [-0.15, -0.1) is 0 Å². The number of rotatable bonds is 3. The quantitative estimate of drug-likeness (QED) is 0.871. The molecule has 88 valence electrons. The number of benzene rings is 1. The molecule has 1 aliphatic heterocycles. The summed E-state index contributed by atoms with van der Waals surface area (Å²) >= 11 is 2.06. The predicted molar refractivity (Wildman–Crippen MR) is 71.8 cm³/mol. The molecule has 2 N–H and O–H groups in total. The van der Waals surface area contributed by atoms with E-state index in [1.54, 1.807) is 0 Å². The third-order valence-electron chi connectivity index (χ3n) is 3.00. The third kappa shape index (κ3) is 3.51.